The van der Waals surface area contributed by atoms with Crippen molar-refractivity contribution in [3.05, 3.63) is 0 Å². The summed E-state index contributed by atoms with van der Waals surface area (Å²) in [5, 5.41) is 3.36. The van der Waals surface area contributed by atoms with Crippen molar-refractivity contribution >= 4 is 0 Å². The molecule has 0 aromatic rings. The van der Waals surface area contributed by atoms with E-state index in [1.54, 1.807) is 0 Å². The zero-order valence-corrected chi connectivity index (χ0v) is 8.14. The molecule has 0 spiro atoms. The maximum Gasteiger partial charge on any atom is 0.0935 e. The van der Waals surface area contributed by atoms with Gasteiger partial charge in [-0.15, -0.1) is 0 Å². The zero-order chi connectivity index (χ0) is 9.10. The Morgan fingerprint density at radius 3 is 2.62 bits per heavy atom. The molecule has 76 valence electrons. The summed E-state index contributed by atoms with van der Waals surface area (Å²) in [6.07, 6.45) is 3.57. The van der Waals surface area contributed by atoms with Crippen molar-refractivity contribution in [3.63, 3.8) is 0 Å². The van der Waals surface area contributed by atoms with E-state index < -0.39 is 0 Å². The van der Waals surface area contributed by atoms with Gasteiger partial charge in [0.25, 0.3) is 0 Å². The first-order valence-corrected chi connectivity index (χ1v) is 5.41. The number of likely N-dealkylation sites (tertiary alicyclic amines) is 1. The topological polar surface area (TPSA) is 15.3 Å². The molecule has 2 fully saturated rings. The summed E-state index contributed by atoms with van der Waals surface area (Å²) in [5.74, 6) is 0.329. The van der Waals surface area contributed by atoms with Crippen LogP contribution in [0.5, 0.6) is 0 Å². The molecular formula is C10H19FN2. The number of piperidine rings is 1. The van der Waals surface area contributed by atoms with Crippen LogP contribution in [0.4, 0.5) is 4.39 Å². The lowest BCUT2D eigenvalue weighted by atomic mass is 10.1. The predicted octanol–water partition coefficient (Wildman–Crippen LogP) is 1.03. The molecule has 3 heteroatoms. The second-order valence-electron chi connectivity index (χ2n) is 4.29. The second-order valence-corrected chi connectivity index (χ2v) is 4.29. The lowest BCUT2D eigenvalue weighted by Crippen LogP contribution is -2.42. The molecule has 1 atom stereocenters. The number of hydrogen-bond donors (Lipinski definition) is 1. The van der Waals surface area contributed by atoms with Crippen LogP contribution >= 0.6 is 0 Å². The first-order chi connectivity index (χ1) is 6.40. The maximum absolute atomic E-state index is 12.4. The van der Waals surface area contributed by atoms with Gasteiger partial charge in [0.05, 0.1) is 6.67 Å². The van der Waals surface area contributed by atoms with Crippen molar-refractivity contribution in [1.82, 2.24) is 10.2 Å². The highest BCUT2D eigenvalue weighted by Gasteiger charge is 2.28. The van der Waals surface area contributed by atoms with Crippen molar-refractivity contribution in [3.8, 4) is 0 Å². The number of rotatable bonds is 2. The van der Waals surface area contributed by atoms with E-state index >= 15 is 0 Å². The van der Waals surface area contributed by atoms with Crippen molar-refractivity contribution in [2.45, 2.75) is 25.3 Å². The summed E-state index contributed by atoms with van der Waals surface area (Å²) < 4.78 is 12.4. The summed E-state index contributed by atoms with van der Waals surface area (Å²) in [5.41, 5.74) is 0. The van der Waals surface area contributed by atoms with E-state index in [1.807, 2.05) is 0 Å². The van der Waals surface area contributed by atoms with Crippen LogP contribution in [0, 0.1) is 5.92 Å². The fourth-order valence-electron chi connectivity index (χ4n) is 2.49. The standard InChI is InChI=1S/C10H19FN2/c11-7-9-3-6-13(8-9)10-1-4-12-5-2-10/h9-10,12H,1-8H2/t9-/m1/s1. The molecular weight excluding hydrogens is 167 g/mol. The second kappa shape index (κ2) is 4.38. The van der Waals surface area contributed by atoms with Crippen LogP contribution in [0.25, 0.3) is 0 Å². The third-order valence-electron chi connectivity index (χ3n) is 3.36. The monoisotopic (exact) mass is 186 g/mol. The van der Waals surface area contributed by atoms with E-state index in [9.17, 15) is 4.39 Å². The lowest BCUT2D eigenvalue weighted by molar-refractivity contribution is 0.188. The average molecular weight is 186 g/mol. The molecule has 0 aliphatic carbocycles. The summed E-state index contributed by atoms with van der Waals surface area (Å²) in [7, 11) is 0. The first kappa shape index (κ1) is 9.41. The molecule has 2 aliphatic heterocycles. The Labute approximate surface area is 79.5 Å². The fraction of sp³-hybridized carbons (Fsp3) is 1.00. The van der Waals surface area contributed by atoms with Gasteiger partial charge in [-0.25, -0.2) is 0 Å². The van der Waals surface area contributed by atoms with Gasteiger partial charge in [0.1, 0.15) is 0 Å². The zero-order valence-electron chi connectivity index (χ0n) is 8.14. The van der Waals surface area contributed by atoms with Gasteiger partial charge in [-0.05, 0) is 38.9 Å². The minimum Gasteiger partial charge on any atom is -0.317 e. The molecule has 2 nitrogen and oxygen atoms in total. The van der Waals surface area contributed by atoms with Crippen LogP contribution in [0.2, 0.25) is 0 Å². The number of nitrogens with zero attached hydrogens (tertiary/aromatic N) is 1. The molecule has 1 N–H and O–H groups in total. The van der Waals surface area contributed by atoms with Crippen LogP contribution < -0.4 is 5.32 Å². The molecule has 0 aromatic heterocycles. The van der Waals surface area contributed by atoms with Crippen molar-refractivity contribution < 1.29 is 4.39 Å². The number of halogens is 1. The van der Waals surface area contributed by atoms with Gasteiger partial charge >= 0.3 is 0 Å². The van der Waals surface area contributed by atoms with Crippen molar-refractivity contribution in [2.24, 2.45) is 5.92 Å². The SMILES string of the molecule is FC[C@H]1CCN(C2CCNCC2)C1. The van der Waals surface area contributed by atoms with Crippen molar-refractivity contribution in [1.29, 1.82) is 0 Å². The largest absolute Gasteiger partial charge is 0.317 e. The Morgan fingerprint density at radius 1 is 1.23 bits per heavy atom. The van der Waals surface area contributed by atoms with E-state index in [0.717, 1.165) is 38.6 Å². The van der Waals surface area contributed by atoms with Gasteiger partial charge in [-0.3, -0.25) is 9.29 Å². The molecule has 0 amide bonds. The minimum atomic E-state index is -0.124. The number of nitrogens with one attached hydrogen (secondary N) is 1. The summed E-state index contributed by atoms with van der Waals surface area (Å²) in [6.45, 7) is 4.28. The van der Waals surface area contributed by atoms with Gasteiger partial charge in [0.15, 0.2) is 0 Å². The smallest absolute Gasteiger partial charge is 0.0935 e. The highest BCUT2D eigenvalue weighted by atomic mass is 19.1. The van der Waals surface area contributed by atoms with E-state index in [1.165, 1.54) is 12.8 Å². The van der Waals surface area contributed by atoms with Crippen LogP contribution in [-0.4, -0.2) is 43.8 Å². The van der Waals surface area contributed by atoms with Crippen LogP contribution in [0.1, 0.15) is 19.3 Å². The van der Waals surface area contributed by atoms with Gasteiger partial charge < -0.3 is 5.32 Å². The Morgan fingerprint density at radius 2 is 2.00 bits per heavy atom. The normalized spacial score (nSPS) is 32.5. The van der Waals surface area contributed by atoms with Crippen molar-refractivity contribution in [2.75, 3.05) is 32.9 Å². The summed E-state index contributed by atoms with van der Waals surface area (Å²) in [6, 6.07) is 0.734. The fourth-order valence-corrected chi connectivity index (χ4v) is 2.49. The highest BCUT2D eigenvalue weighted by molar-refractivity contribution is 4.84. The molecule has 2 rings (SSSR count). The third kappa shape index (κ3) is 2.20. The predicted molar refractivity (Wildman–Crippen MR) is 51.5 cm³/mol. The molecule has 2 aliphatic rings. The van der Waals surface area contributed by atoms with E-state index in [-0.39, 0.29) is 6.67 Å². The van der Waals surface area contributed by atoms with Crippen LogP contribution in [0.15, 0.2) is 0 Å². The lowest BCUT2D eigenvalue weighted by Gasteiger charge is -2.31. The maximum atomic E-state index is 12.4. The van der Waals surface area contributed by atoms with E-state index in [4.69, 9.17) is 0 Å². The molecule has 0 saturated carbocycles. The molecule has 0 aromatic carbocycles. The minimum absolute atomic E-state index is 0.124. The van der Waals surface area contributed by atoms with E-state index in [2.05, 4.69) is 10.2 Å². The van der Waals surface area contributed by atoms with Crippen LogP contribution in [-0.2, 0) is 0 Å². The molecule has 0 unspecified atom stereocenters. The molecule has 0 bridgehead atoms. The van der Waals surface area contributed by atoms with E-state index in [0.29, 0.717) is 5.92 Å². The Balaban J connectivity index is 1.80. The molecule has 2 heterocycles. The first-order valence-electron chi connectivity index (χ1n) is 5.41. The molecule has 13 heavy (non-hydrogen) atoms. The van der Waals surface area contributed by atoms with Gasteiger partial charge in [-0.1, -0.05) is 0 Å². The van der Waals surface area contributed by atoms with Gasteiger partial charge in [0.2, 0.25) is 0 Å². The molecule has 2 saturated heterocycles. The highest BCUT2D eigenvalue weighted by Crippen LogP contribution is 2.22. The Bertz CT molecular complexity index is 157. The van der Waals surface area contributed by atoms with Gasteiger partial charge in [-0.2, -0.15) is 0 Å². The number of hydrogen-bond acceptors (Lipinski definition) is 2. The Kier molecular flexibility index (Phi) is 3.17. The average Bonchev–Trinajstić information content (AvgIpc) is 2.67. The summed E-state index contributed by atoms with van der Waals surface area (Å²) >= 11 is 0. The van der Waals surface area contributed by atoms with Crippen LogP contribution in [0.3, 0.4) is 0 Å². The third-order valence-corrected chi connectivity index (χ3v) is 3.36. The van der Waals surface area contributed by atoms with Gasteiger partial charge in [0, 0.05) is 18.5 Å². The summed E-state index contributed by atoms with van der Waals surface area (Å²) in [4.78, 5) is 2.49. The molecule has 0 radical (unpaired) electrons. The Hall–Kier alpha value is -0.150. The number of alkyl halides is 1. The quantitative estimate of drug-likeness (QED) is 0.693.